The van der Waals surface area contributed by atoms with E-state index in [0.717, 1.165) is 4.88 Å². The van der Waals surface area contributed by atoms with Crippen LogP contribution in [0.4, 0.5) is 4.39 Å². The Morgan fingerprint density at radius 3 is 2.70 bits per heavy atom. The summed E-state index contributed by atoms with van der Waals surface area (Å²) in [6, 6.07) is 6.99. The Morgan fingerprint density at radius 2 is 1.97 bits per heavy atom. The average Bonchev–Trinajstić information content (AvgIpc) is 3.14. The number of rotatable bonds is 7. The second-order valence-corrected chi connectivity index (χ2v) is 11.7. The number of hydrogen-bond donors (Lipinski definition) is 1. The molecule has 0 amide bonds. The first kappa shape index (κ1) is 20.0. The van der Waals surface area contributed by atoms with Crippen LogP contribution in [0.1, 0.15) is 29.6 Å². The molecule has 1 aromatic carbocycles. The molecule has 0 radical (unpaired) electrons. The third kappa shape index (κ3) is 4.00. The lowest BCUT2D eigenvalue weighted by molar-refractivity contribution is 0.451. The van der Waals surface area contributed by atoms with Crippen LogP contribution in [0, 0.1) is 5.82 Å². The lowest BCUT2D eigenvalue weighted by atomic mass is 10.1. The van der Waals surface area contributed by atoms with E-state index in [4.69, 9.17) is 16.0 Å². The number of nitrogens with one attached hydrogen (secondary N) is 1. The zero-order chi connectivity index (χ0) is 20.9. The van der Waals surface area contributed by atoms with Crippen LogP contribution in [0.3, 0.4) is 0 Å². The van der Waals surface area contributed by atoms with Gasteiger partial charge in [0, 0.05) is 10.4 Å². The molecule has 1 saturated carbocycles. The third-order valence-corrected chi connectivity index (χ3v) is 8.80. The van der Waals surface area contributed by atoms with Gasteiger partial charge >= 0.3 is 0 Å². The molecular weight excluding hydrogens is 471 g/mol. The Kier molecular flexibility index (Phi) is 5.10. The number of hydrogen-bond acceptors (Lipinski definition) is 8. The van der Waals surface area contributed by atoms with E-state index in [1.54, 1.807) is 24.3 Å². The van der Waals surface area contributed by atoms with Crippen LogP contribution in [0.15, 0.2) is 28.7 Å². The van der Waals surface area contributed by atoms with Crippen molar-refractivity contribution < 1.29 is 17.2 Å². The van der Waals surface area contributed by atoms with Gasteiger partial charge in [0.15, 0.2) is 5.82 Å². The summed E-state index contributed by atoms with van der Waals surface area (Å²) < 4.78 is 47.8. The summed E-state index contributed by atoms with van der Waals surface area (Å²) in [6.07, 6.45) is 1.60. The Hall–Kier alpha value is -1.92. The molecule has 1 fully saturated rings. The number of sulfonamides is 1. The van der Waals surface area contributed by atoms with Crippen molar-refractivity contribution in [3.8, 4) is 10.4 Å². The fraction of sp³-hybridized carbons (Fsp3) is 0.278. The predicted octanol–water partition coefficient (Wildman–Crippen LogP) is 4.37. The van der Waals surface area contributed by atoms with Gasteiger partial charge in [-0.2, -0.15) is 0 Å². The fourth-order valence-corrected chi connectivity index (χ4v) is 6.32. The van der Waals surface area contributed by atoms with Crippen LogP contribution in [0.25, 0.3) is 20.7 Å². The number of halogens is 2. The van der Waals surface area contributed by atoms with Gasteiger partial charge in [0.05, 0.1) is 32.8 Å². The van der Waals surface area contributed by atoms with Gasteiger partial charge < -0.3 is 4.42 Å². The maximum absolute atomic E-state index is 15.0. The van der Waals surface area contributed by atoms with E-state index in [9.17, 15) is 8.42 Å². The molecule has 0 unspecified atom stereocenters. The van der Waals surface area contributed by atoms with Gasteiger partial charge in [0.2, 0.25) is 21.8 Å². The number of fused-ring (bicyclic) bond motifs is 1. The third-order valence-electron chi connectivity index (χ3n) is 4.58. The molecule has 0 bridgehead atoms. The summed E-state index contributed by atoms with van der Waals surface area (Å²) in [7, 11) is -3.32. The van der Waals surface area contributed by atoms with Gasteiger partial charge in [-0.3, -0.25) is 0 Å². The molecule has 1 aliphatic rings. The summed E-state index contributed by atoms with van der Waals surface area (Å²) in [6.45, 7) is -0.0486. The monoisotopic (exact) mass is 484 g/mol. The van der Waals surface area contributed by atoms with Gasteiger partial charge in [-0.1, -0.05) is 11.6 Å². The van der Waals surface area contributed by atoms with E-state index >= 15 is 4.39 Å². The number of thiazole rings is 1. The standard InChI is InChI=1S/C18H14ClFN4O3S3/c19-13-6-5-12(28-13)10-3-4-11-18(17(10)20)29-16(22-11)7-14-23-24-15(27-14)8-21-30(25,26)9-1-2-9/h3-6,9,21H,1-2,7-8H2. The number of benzene rings is 1. The molecule has 4 aromatic rings. The van der Waals surface area contributed by atoms with Gasteiger partial charge in [0.1, 0.15) is 5.01 Å². The van der Waals surface area contributed by atoms with E-state index in [1.165, 1.54) is 22.7 Å². The first-order chi connectivity index (χ1) is 14.4. The van der Waals surface area contributed by atoms with E-state index < -0.39 is 10.0 Å². The highest BCUT2D eigenvalue weighted by Crippen LogP contribution is 2.37. The fourth-order valence-electron chi connectivity index (χ4n) is 2.95. The molecule has 12 heteroatoms. The SMILES string of the molecule is O=S(=O)(NCc1nnc(Cc2nc3ccc(-c4ccc(Cl)s4)c(F)c3s2)o1)C1CC1. The van der Waals surface area contributed by atoms with E-state index in [2.05, 4.69) is 19.9 Å². The topological polar surface area (TPSA) is 98.0 Å². The highest BCUT2D eigenvalue weighted by molar-refractivity contribution is 7.90. The normalized spacial score (nSPS) is 14.6. The van der Waals surface area contributed by atoms with Crippen molar-refractivity contribution in [2.45, 2.75) is 31.1 Å². The van der Waals surface area contributed by atoms with Crippen molar-refractivity contribution in [3.63, 3.8) is 0 Å². The van der Waals surface area contributed by atoms with E-state index in [0.29, 0.717) is 43.9 Å². The molecular formula is C18H14ClFN4O3S3. The lowest BCUT2D eigenvalue weighted by Gasteiger charge is -2.01. The highest BCUT2D eigenvalue weighted by Gasteiger charge is 2.35. The maximum atomic E-state index is 15.0. The minimum absolute atomic E-state index is 0.0486. The molecule has 5 rings (SSSR count). The molecule has 0 saturated heterocycles. The average molecular weight is 485 g/mol. The summed E-state index contributed by atoms with van der Waals surface area (Å²) in [5.74, 6) is 0.134. The first-order valence-corrected chi connectivity index (χ1v) is 12.6. The molecule has 156 valence electrons. The molecule has 3 heterocycles. The lowest BCUT2D eigenvalue weighted by Crippen LogP contribution is -2.26. The van der Waals surface area contributed by atoms with Gasteiger partial charge in [-0.15, -0.1) is 32.9 Å². The van der Waals surface area contributed by atoms with Crippen molar-refractivity contribution in [1.82, 2.24) is 19.9 Å². The van der Waals surface area contributed by atoms with Gasteiger partial charge in [0.25, 0.3) is 0 Å². The van der Waals surface area contributed by atoms with E-state index in [-0.39, 0.29) is 29.9 Å². The van der Waals surface area contributed by atoms with Crippen molar-refractivity contribution >= 4 is 54.5 Å². The van der Waals surface area contributed by atoms with Crippen molar-refractivity contribution in [3.05, 3.63) is 51.2 Å². The summed E-state index contributed by atoms with van der Waals surface area (Å²) >= 11 is 8.50. The van der Waals surface area contributed by atoms with Crippen LogP contribution in [-0.2, 0) is 23.0 Å². The zero-order valence-corrected chi connectivity index (χ0v) is 18.5. The van der Waals surface area contributed by atoms with Crippen LogP contribution in [0.2, 0.25) is 4.34 Å². The first-order valence-electron chi connectivity index (χ1n) is 9.02. The molecule has 1 N–H and O–H groups in total. The summed E-state index contributed by atoms with van der Waals surface area (Å²) in [5, 5.41) is 8.12. The number of thiophene rings is 1. The molecule has 0 atom stereocenters. The Bertz CT molecular complexity index is 1340. The molecule has 3 aromatic heterocycles. The Morgan fingerprint density at radius 1 is 1.17 bits per heavy atom. The van der Waals surface area contributed by atoms with Crippen molar-refractivity contribution in [2.75, 3.05) is 0 Å². The minimum Gasteiger partial charge on any atom is -0.423 e. The molecule has 0 spiro atoms. The van der Waals surface area contributed by atoms with Gasteiger partial charge in [-0.25, -0.2) is 22.5 Å². The Balaban J connectivity index is 1.33. The van der Waals surface area contributed by atoms with Gasteiger partial charge in [-0.05, 0) is 37.1 Å². The predicted molar refractivity (Wildman–Crippen MR) is 114 cm³/mol. The number of aromatic nitrogens is 3. The second-order valence-electron chi connectivity index (χ2n) is 6.82. The molecule has 0 aliphatic heterocycles. The summed E-state index contributed by atoms with van der Waals surface area (Å²) in [4.78, 5) is 5.21. The largest absolute Gasteiger partial charge is 0.423 e. The molecule has 7 nitrogen and oxygen atoms in total. The van der Waals surface area contributed by atoms with Crippen LogP contribution in [-0.4, -0.2) is 28.8 Å². The smallest absolute Gasteiger partial charge is 0.231 e. The van der Waals surface area contributed by atoms with Crippen LogP contribution < -0.4 is 4.72 Å². The minimum atomic E-state index is -3.32. The maximum Gasteiger partial charge on any atom is 0.231 e. The van der Waals surface area contributed by atoms with E-state index in [1.807, 2.05) is 0 Å². The van der Waals surface area contributed by atoms with Crippen LogP contribution >= 0.6 is 34.3 Å². The summed E-state index contributed by atoms with van der Waals surface area (Å²) in [5.41, 5.74) is 1.04. The molecule has 1 aliphatic carbocycles. The van der Waals surface area contributed by atoms with Crippen LogP contribution in [0.5, 0.6) is 0 Å². The number of nitrogens with zero attached hydrogens (tertiary/aromatic N) is 3. The second kappa shape index (κ2) is 7.65. The molecule has 30 heavy (non-hydrogen) atoms. The zero-order valence-electron chi connectivity index (χ0n) is 15.3. The highest BCUT2D eigenvalue weighted by atomic mass is 35.5. The quantitative estimate of drug-likeness (QED) is 0.418. The Labute approximate surface area is 184 Å². The van der Waals surface area contributed by atoms with Crippen molar-refractivity contribution in [2.24, 2.45) is 0 Å². The van der Waals surface area contributed by atoms with Crippen molar-refractivity contribution in [1.29, 1.82) is 0 Å².